The zero-order valence-corrected chi connectivity index (χ0v) is 21.1. The van der Waals surface area contributed by atoms with Crippen LogP contribution in [0.3, 0.4) is 0 Å². The molecule has 0 aliphatic rings. The molecule has 0 saturated carbocycles. The van der Waals surface area contributed by atoms with Gasteiger partial charge in [0, 0.05) is 5.69 Å². The van der Waals surface area contributed by atoms with Gasteiger partial charge in [0.1, 0.15) is 11.8 Å². The van der Waals surface area contributed by atoms with Crippen molar-refractivity contribution in [3.63, 3.8) is 0 Å². The van der Waals surface area contributed by atoms with Gasteiger partial charge in [0.15, 0.2) is 0 Å². The number of hydrogen-bond donors (Lipinski definition) is 2. The van der Waals surface area contributed by atoms with Gasteiger partial charge in [-0.25, -0.2) is 13.1 Å². The highest BCUT2D eigenvalue weighted by molar-refractivity contribution is 7.89. The molecule has 8 nitrogen and oxygen atoms in total. The van der Waals surface area contributed by atoms with Crippen molar-refractivity contribution in [2.75, 3.05) is 11.4 Å². The molecular weight excluding hydrogens is 466 g/mol. The second kappa shape index (κ2) is 11.3. The van der Waals surface area contributed by atoms with E-state index in [1.807, 2.05) is 39.8 Å². The van der Waals surface area contributed by atoms with E-state index in [1.54, 1.807) is 36.4 Å². The first kappa shape index (κ1) is 26.2. The summed E-state index contributed by atoms with van der Waals surface area (Å²) in [6.45, 7) is 7.15. The van der Waals surface area contributed by atoms with Crippen LogP contribution >= 0.6 is 0 Å². The van der Waals surface area contributed by atoms with E-state index in [0.29, 0.717) is 11.4 Å². The fourth-order valence-corrected chi connectivity index (χ4v) is 4.85. The molecule has 1 atom stereocenters. The maximum absolute atomic E-state index is 13.5. The van der Waals surface area contributed by atoms with Crippen molar-refractivity contribution >= 4 is 27.5 Å². The lowest BCUT2D eigenvalue weighted by Gasteiger charge is -2.34. The van der Waals surface area contributed by atoms with Crippen LogP contribution in [0.2, 0.25) is 0 Å². The van der Waals surface area contributed by atoms with Gasteiger partial charge in [-0.2, -0.15) is 0 Å². The van der Waals surface area contributed by atoms with Crippen molar-refractivity contribution in [3.8, 4) is 0 Å². The van der Waals surface area contributed by atoms with Gasteiger partial charge in [-0.15, -0.1) is 0 Å². The summed E-state index contributed by atoms with van der Waals surface area (Å²) >= 11 is 0. The zero-order valence-electron chi connectivity index (χ0n) is 20.3. The Hall–Kier alpha value is -3.43. The number of anilines is 1. The van der Waals surface area contributed by atoms with Crippen LogP contribution in [0.25, 0.3) is 0 Å². The van der Waals surface area contributed by atoms with Crippen molar-refractivity contribution in [1.82, 2.24) is 10.0 Å². The van der Waals surface area contributed by atoms with Crippen molar-refractivity contribution in [2.45, 2.75) is 45.2 Å². The average Bonchev–Trinajstić information content (AvgIpc) is 3.34. The fraction of sp³-hybridized carbons (Fsp3) is 0.308. The highest BCUT2D eigenvalue weighted by Gasteiger charge is 2.35. The van der Waals surface area contributed by atoms with Gasteiger partial charge in [-0.1, -0.05) is 49.7 Å². The molecule has 0 radical (unpaired) electrons. The molecule has 2 aromatic carbocycles. The van der Waals surface area contributed by atoms with E-state index in [1.165, 1.54) is 23.3 Å². The minimum absolute atomic E-state index is 0.0578. The molecule has 0 unspecified atom stereocenters. The molecule has 9 heteroatoms. The van der Waals surface area contributed by atoms with E-state index in [-0.39, 0.29) is 23.3 Å². The number of aryl methyl sites for hydroxylation is 2. The molecular formula is C26H31N3O5S. The molecule has 35 heavy (non-hydrogen) atoms. The lowest BCUT2D eigenvalue weighted by atomic mass is 9.98. The normalized spacial score (nSPS) is 12.4. The molecule has 2 amide bonds. The summed E-state index contributed by atoms with van der Waals surface area (Å²) in [7, 11) is -3.90. The van der Waals surface area contributed by atoms with E-state index in [0.717, 1.165) is 11.1 Å². The van der Waals surface area contributed by atoms with E-state index in [4.69, 9.17) is 4.42 Å². The van der Waals surface area contributed by atoms with Crippen LogP contribution in [0, 0.1) is 19.8 Å². The van der Waals surface area contributed by atoms with Gasteiger partial charge >= 0.3 is 0 Å². The summed E-state index contributed by atoms with van der Waals surface area (Å²) in [5.41, 5.74) is 2.35. The average molecular weight is 498 g/mol. The van der Waals surface area contributed by atoms with Gasteiger partial charge in [0.2, 0.25) is 21.8 Å². The molecule has 3 rings (SSSR count). The number of carbonyl (C=O) groups is 2. The Labute approximate surface area is 206 Å². The maximum Gasteiger partial charge on any atom is 0.243 e. The third kappa shape index (κ3) is 6.58. The second-order valence-electron chi connectivity index (χ2n) is 8.68. The summed E-state index contributed by atoms with van der Waals surface area (Å²) in [6, 6.07) is 16.0. The highest BCUT2D eigenvalue weighted by atomic mass is 32.2. The summed E-state index contributed by atoms with van der Waals surface area (Å²) in [4.78, 5) is 28.3. The Morgan fingerprint density at radius 3 is 2.31 bits per heavy atom. The number of benzene rings is 2. The van der Waals surface area contributed by atoms with Crippen LogP contribution in [0.5, 0.6) is 0 Å². The van der Waals surface area contributed by atoms with E-state index < -0.39 is 28.5 Å². The van der Waals surface area contributed by atoms with Crippen molar-refractivity contribution in [1.29, 1.82) is 0 Å². The standard InChI is InChI=1S/C26H31N3O5S/c1-18(2)25(26(31)27-16-21-9-8-14-34-21)29(23-13-12-19(3)15-20(23)4)24(30)17-28-35(32,33)22-10-6-5-7-11-22/h5-15,18,25,28H,16-17H2,1-4H3,(H,27,31)/t25-/m0/s1. The molecule has 0 spiro atoms. The van der Waals surface area contributed by atoms with E-state index >= 15 is 0 Å². The number of sulfonamides is 1. The van der Waals surface area contributed by atoms with Gasteiger partial charge in [0.25, 0.3) is 0 Å². The van der Waals surface area contributed by atoms with Crippen molar-refractivity contribution < 1.29 is 22.4 Å². The maximum atomic E-state index is 13.5. The van der Waals surface area contributed by atoms with Crippen molar-refractivity contribution in [2.24, 2.45) is 5.92 Å². The molecule has 0 fully saturated rings. The lowest BCUT2D eigenvalue weighted by molar-refractivity contribution is -0.127. The third-order valence-corrected chi connectivity index (χ3v) is 6.96. The second-order valence-corrected chi connectivity index (χ2v) is 10.4. The number of carbonyl (C=O) groups excluding carboxylic acids is 2. The van der Waals surface area contributed by atoms with Gasteiger partial charge in [-0.05, 0) is 55.7 Å². The van der Waals surface area contributed by atoms with Gasteiger partial charge in [-0.3, -0.25) is 14.5 Å². The highest BCUT2D eigenvalue weighted by Crippen LogP contribution is 2.27. The first-order valence-electron chi connectivity index (χ1n) is 11.3. The summed E-state index contributed by atoms with van der Waals surface area (Å²) < 4.78 is 33.1. The molecule has 1 heterocycles. The lowest BCUT2D eigenvalue weighted by Crippen LogP contribution is -2.55. The van der Waals surface area contributed by atoms with Crippen LogP contribution in [-0.4, -0.2) is 32.8 Å². The van der Waals surface area contributed by atoms with Crippen LogP contribution in [0.1, 0.15) is 30.7 Å². The Bertz CT molecular complexity index is 1260. The Morgan fingerprint density at radius 1 is 1.00 bits per heavy atom. The largest absolute Gasteiger partial charge is 0.467 e. The Kier molecular flexibility index (Phi) is 8.48. The van der Waals surface area contributed by atoms with Crippen LogP contribution in [0.4, 0.5) is 5.69 Å². The Balaban J connectivity index is 1.91. The number of amides is 2. The van der Waals surface area contributed by atoms with Crippen LogP contribution in [-0.2, 0) is 26.2 Å². The molecule has 3 aromatic rings. The Morgan fingerprint density at radius 2 is 1.71 bits per heavy atom. The molecule has 0 aliphatic carbocycles. The smallest absolute Gasteiger partial charge is 0.243 e. The number of rotatable bonds is 10. The molecule has 1 aromatic heterocycles. The minimum atomic E-state index is -3.90. The topological polar surface area (TPSA) is 109 Å². The molecule has 2 N–H and O–H groups in total. The fourth-order valence-electron chi connectivity index (χ4n) is 3.85. The molecule has 186 valence electrons. The summed E-state index contributed by atoms with van der Waals surface area (Å²) in [5, 5.41) is 2.84. The number of nitrogens with zero attached hydrogens (tertiary/aromatic N) is 1. The number of furan rings is 1. The van der Waals surface area contributed by atoms with Crippen LogP contribution in [0.15, 0.2) is 76.2 Å². The van der Waals surface area contributed by atoms with Crippen molar-refractivity contribution in [3.05, 3.63) is 83.8 Å². The predicted molar refractivity (Wildman–Crippen MR) is 134 cm³/mol. The summed E-state index contributed by atoms with van der Waals surface area (Å²) in [6.07, 6.45) is 1.52. The third-order valence-electron chi connectivity index (χ3n) is 5.54. The van der Waals surface area contributed by atoms with E-state index in [2.05, 4.69) is 10.0 Å². The van der Waals surface area contributed by atoms with Crippen LogP contribution < -0.4 is 14.9 Å². The molecule has 0 saturated heterocycles. The minimum Gasteiger partial charge on any atom is -0.467 e. The quantitative estimate of drug-likeness (QED) is 0.445. The number of hydrogen-bond acceptors (Lipinski definition) is 5. The molecule has 0 aliphatic heterocycles. The van der Waals surface area contributed by atoms with Gasteiger partial charge in [0.05, 0.1) is 24.2 Å². The number of nitrogens with one attached hydrogen (secondary N) is 2. The first-order chi connectivity index (χ1) is 16.6. The predicted octanol–water partition coefficient (Wildman–Crippen LogP) is 3.55. The van der Waals surface area contributed by atoms with Gasteiger partial charge < -0.3 is 9.73 Å². The zero-order chi connectivity index (χ0) is 25.6. The first-order valence-corrected chi connectivity index (χ1v) is 12.8. The SMILES string of the molecule is Cc1ccc(N(C(=O)CNS(=O)(=O)c2ccccc2)[C@H](C(=O)NCc2ccco2)C(C)C)c(C)c1. The monoisotopic (exact) mass is 497 g/mol. The molecule has 0 bridgehead atoms. The van der Waals surface area contributed by atoms with E-state index in [9.17, 15) is 18.0 Å². The summed E-state index contributed by atoms with van der Waals surface area (Å²) in [5.74, 6) is -0.582.